The molecule has 156 valence electrons. The molecule has 3 aromatic rings. The van der Waals surface area contributed by atoms with E-state index in [0.29, 0.717) is 6.04 Å². The van der Waals surface area contributed by atoms with Crippen LogP contribution in [0.5, 0.6) is 5.75 Å². The molecule has 1 aliphatic rings. The minimum atomic E-state index is 0.635. The third-order valence-corrected chi connectivity index (χ3v) is 6.19. The van der Waals surface area contributed by atoms with Crippen molar-refractivity contribution < 1.29 is 4.74 Å². The molecule has 0 spiro atoms. The highest BCUT2D eigenvalue weighted by Gasteiger charge is 2.23. The summed E-state index contributed by atoms with van der Waals surface area (Å²) >= 11 is 0. The van der Waals surface area contributed by atoms with Gasteiger partial charge in [0.25, 0.3) is 0 Å². The summed E-state index contributed by atoms with van der Waals surface area (Å²) in [6.07, 6.45) is 2.48. The Morgan fingerprint density at radius 2 is 1.40 bits per heavy atom. The van der Waals surface area contributed by atoms with Crippen LogP contribution in [0.2, 0.25) is 0 Å². The van der Waals surface area contributed by atoms with E-state index in [1.54, 1.807) is 7.11 Å². The molecule has 3 heteroatoms. The number of methoxy groups -OCH3 is 1. The highest BCUT2D eigenvalue weighted by molar-refractivity contribution is 5.70. The molecule has 1 saturated heterocycles. The van der Waals surface area contributed by atoms with Gasteiger partial charge in [-0.25, -0.2) is 0 Å². The SMILES string of the molecule is COc1ccccc1-c1ccc(CN(Cc2ccccc2)C2CCN(C)CC2)cc1. The summed E-state index contributed by atoms with van der Waals surface area (Å²) in [5.41, 5.74) is 5.10. The Kier molecular flexibility index (Phi) is 6.83. The van der Waals surface area contributed by atoms with Gasteiger partial charge in [0.1, 0.15) is 5.75 Å². The van der Waals surface area contributed by atoms with Gasteiger partial charge < -0.3 is 9.64 Å². The number of likely N-dealkylation sites (tertiary alicyclic amines) is 1. The summed E-state index contributed by atoms with van der Waals surface area (Å²) in [6, 6.07) is 28.7. The molecule has 0 bridgehead atoms. The van der Waals surface area contributed by atoms with Crippen LogP contribution in [0, 0.1) is 0 Å². The van der Waals surface area contributed by atoms with Crippen LogP contribution >= 0.6 is 0 Å². The van der Waals surface area contributed by atoms with Crippen LogP contribution in [0.25, 0.3) is 11.1 Å². The Balaban J connectivity index is 1.52. The second-order valence-electron chi connectivity index (χ2n) is 8.32. The molecule has 1 fully saturated rings. The average Bonchev–Trinajstić information content (AvgIpc) is 2.80. The van der Waals surface area contributed by atoms with Crippen LogP contribution < -0.4 is 4.74 Å². The number of benzene rings is 3. The first-order chi connectivity index (χ1) is 14.7. The molecule has 0 radical (unpaired) electrons. The molecule has 1 aliphatic heterocycles. The Bertz CT molecular complexity index is 915. The van der Waals surface area contributed by atoms with Crippen molar-refractivity contribution in [3.8, 4) is 16.9 Å². The van der Waals surface area contributed by atoms with Gasteiger partial charge in [0, 0.05) is 24.7 Å². The highest BCUT2D eigenvalue weighted by Crippen LogP contribution is 2.30. The predicted octanol–water partition coefficient (Wildman–Crippen LogP) is 5.46. The van der Waals surface area contributed by atoms with Crippen molar-refractivity contribution in [3.05, 3.63) is 90.0 Å². The number of nitrogens with zero attached hydrogens (tertiary/aromatic N) is 2. The van der Waals surface area contributed by atoms with Gasteiger partial charge in [-0.3, -0.25) is 4.90 Å². The fourth-order valence-electron chi connectivity index (χ4n) is 4.40. The van der Waals surface area contributed by atoms with Crippen molar-refractivity contribution in [2.24, 2.45) is 0 Å². The highest BCUT2D eigenvalue weighted by atomic mass is 16.5. The second kappa shape index (κ2) is 9.92. The van der Waals surface area contributed by atoms with Gasteiger partial charge in [0.2, 0.25) is 0 Å². The molecule has 3 nitrogen and oxygen atoms in total. The van der Waals surface area contributed by atoms with E-state index in [-0.39, 0.29) is 0 Å². The van der Waals surface area contributed by atoms with E-state index in [0.717, 1.165) is 24.4 Å². The molecule has 0 aromatic heterocycles. The van der Waals surface area contributed by atoms with Crippen molar-refractivity contribution in [2.45, 2.75) is 32.0 Å². The Labute approximate surface area is 180 Å². The molecule has 0 saturated carbocycles. The van der Waals surface area contributed by atoms with E-state index >= 15 is 0 Å². The second-order valence-corrected chi connectivity index (χ2v) is 8.32. The summed E-state index contributed by atoms with van der Waals surface area (Å²) in [7, 11) is 3.96. The standard InChI is InChI=1S/C27H32N2O/c1-28-18-16-25(17-19-28)29(20-22-8-4-3-5-9-22)21-23-12-14-24(15-13-23)26-10-6-7-11-27(26)30-2/h3-15,25H,16-21H2,1-2H3. The monoisotopic (exact) mass is 400 g/mol. The minimum Gasteiger partial charge on any atom is -0.496 e. The van der Waals surface area contributed by atoms with E-state index in [2.05, 4.69) is 83.6 Å². The lowest BCUT2D eigenvalue weighted by Gasteiger charge is -2.37. The maximum atomic E-state index is 5.54. The zero-order valence-corrected chi connectivity index (χ0v) is 18.1. The van der Waals surface area contributed by atoms with Crippen LogP contribution in [0.15, 0.2) is 78.9 Å². The number of para-hydroxylation sites is 1. The molecule has 0 N–H and O–H groups in total. The van der Waals surface area contributed by atoms with Crippen molar-refractivity contribution >= 4 is 0 Å². The van der Waals surface area contributed by atoms with Gasteiger partial charge in [0.05, 0.1) is 7.11 Å². The predicted molar refractivity (Wildman–Crippen MR) is 125 cm³/mol. The maximum Gasteiger partial charge on any atom is 0.126 e. The van der Waals surface area contributed by atoms with Crippen LogP contribution in [0.4, 0.5) is 0 Å². The van der Waals surface area contributed by atoms with Crippen LogP contribution in [-0.4, -0.2) is 43.1 Å². The van der Waals surface area contributed by atoms with Crippen LogP contribution in [-0.2, 0) is 13.1 Å². The first-order valence-electron chi connectivity index (χ1n) is 10.9. The van der Waals surface area contributed by atoms with Crippen molar-refractivity contribution in [1.29, 1.82) is 0 Å². The normalized spacial score (nSPS) is 15.4. The lowest BCUT2D eigenvalue weighted by molar-refractivity contribution is 0.108. The number of hydrogen-bond donors (Lipinski definition) is 0. The van der Waals surface area contributed by atoms with Gasteiger partial charge in [0.15, 0.2) is 0 Å². The van der Waals surface area contributed by atoms with Gasteiger partial charge in [-0.1, -0.05) is 72.8 Å². The van der Waals surface area contributed by atoms with E-state index in [9.17, 15) is 0 Å². The minimum absolute atomic E-state index is 0.635. The van der Waals surface area contributed by atoms with E-state index < -0.39 is 0 Å². The molecule has 0 aliphatic carbocycles. The zero-order valence-electron chi connectivity index (χ0n) is 18.1. The number of ether oxygens (including phenoxy) is 1. The van der Waals surface area contributed by atoms with Gasteiger partial charge >= 0.3 is 0 Å². The zero-order chi connectivity index (χ0) is 20.8. The van der Waals surface area contributed by atoms with Crippen LogP contribution in [0.1, 0.15) is 24.0 Å². The molecule has 0 amide bonds. The maximum absolute atomic E-state index is 5.54. The average molecular weight is 401 g/mol. The van der Waals surface area contributed by atoms with Gasteiger partial charge in [-0.15, -0.1) is 0 Å². The third kappa shape index (κ3) is 5.10. The van der Waals surface area contributed by atoms with Crippen molar-refractivity contribution in [1.82, 2.24) is 9.80 Å². The molecule has 0 unspecified atom stereocenters. The van der Waals surface area contributed by atoms with E-state index in [4.69, 9.17) is 4.74 Å². The number of piperidine rings is 1. The van der Waals surface area contributed by atoms with Crippen LogP contribution in [0.3, 0.4) is 0 Å². The summed E-state index contributed by atoms with van der Waals surface area (Å²) in [5, 5.41) is 0. The molecule has 1 heterocycles. The molecular formula is C27H32N2O. The fraction of sp³-hybridized carbons (Fsp3) is 0.333. The van der Waals surface area contributed by atoms with Gasteiger partial charge in [-0.05, 0) is 55.7 Å². The Hall–Kier alpha value is -2.62. The number of rotatable bonds is 7. The van der Waals surface area contributed by atoms with Gasteiger partial charge in [-0.2, -0.15) is 0 Å². The summed E-state index contributed by atoms with van der Waals surface area (Å²) in [4.78, 5) is 5.11. The smallest absolute Gasteiger partial charge is 0.126 e. The number of hydrogen-bond acceptors (Lipinski definition) is 3. The van der Waals surface area contributed by atoms with Crippen molar-refractivity contribution in [2.75, 3.05) is 27.2 Å². The molecule has 30 heavy (non-hydrogen) atoms. The van der Waals surface area contributed by atoms with E-state index in [1.807, 2.05) is 12.1 Å². The summed E-state index contributed by atoms with van der Waals surface area (Å²) in [6.45, 7) is 4.35. The molecule has 3 aromatic carbocycles. The molecular weight excluding hydrogens is 368 g/mol. The Morgan fingerprint density at radius 3 is 2.07 bits per heavy atom. The van der Waals surface area contributed by atoms with Crippen molar-refractivity contribution in [3.63, 3.8) is 0 Å². The van der Waals surface area contributed by atoms with E-state index in [1.165, 1.54) is 42.6 Å². The molecule has 0 atom stereocenters. The first kappa shape index (κ1) is 20.6. The molecule has 4 rings (SSSR count). The first-order valence-corrected chi connectivity index (χ1v) is 10.9. The topological polar surface area (TPSA) is 15.7 Å². The third-order valence-electron chi connectivity index (χ3n) is 6.19. The lowest BCUT2D eigenvalue weighted by atomic mass is 10.00. The quantitative estimate of drug-likeness (QED) is 0.524. The lowest BCUT2D eigenvalue weighted by Crippen LogP contribution is -2.43. The summed E-state index contributed by atoms with van der Waals surface area (Å²) in [5.74, 6) is 0.919. The fourth-order valence-corrected chi connectivity index (χ4v) is 4.40. The summed E-state index contributed by atoms with van der Waals surface area (Å²) < 4.78 is 5.54. The Morgan fingerprint density at radius 1 is 0.800 bits per heavy atom. The largest absolute Gasteiger partial charge is 0.496 e.